The minimum atomic E-state index is -3.52. The molecule has 0 bridgehead atoms. The second kappa shape index (κ2) is 6.29. The molecule has 0 unspecified atom stereocenters. The van der Waals surface area contributed by atoms with Crippen LogP contribution in [-0.2, 0) is 23.1 Å². The number of nitrogens with zero attached hydrogens (tertiary/aromatic N) is 1. The van der Waals surface area contributed by atoms with Gasteiger partial charge >= 0.3 is 0 Å². The lowest BCUT2D eigenvalue weighted by Crippen LogP contribution is -2.24. The molecule has 2 N–H and O–H groups in total. The fourth-order valence-corrected chi connectivity index (χ4v) is 3.92. The average Bonchev–Trinajstić information content (AvgIpc) is 3.05. The molecular formula is C11H15N3O3S2. The summed E-state index contributed by atoms with van der Waals surface area (Å²) < 4.78 is 31.7. The van der Waals surface area contributed by atoms with Gasteiger partial charge in [0.05, 0.1) is 17.6 Å². The van der Waals surface area contributed by atoms with E-state index in [4.69, 9.17) is 4.52 Å². The molecule has 8 heteroatoms. The van der Waals surface area contributed by atoms with Gasteiger partial charge in [-0.1, -0.05) is 12.1 Å². The maximum Gasteiger partial charge on any atom is 0.242 e. The lowest BCUT2D eigenvalue weighted by Gasteiger charge is -2.06. The highest BCUT2D eigenvalue weighted by Crippen LogP contribution is 2.21. The Kier molecular flexibility index (Phi) is 4.70. The maximum absolute atomic E-state index is 12.2. The van der Waals surface area contributed by atoms with Gasteiger partial charge in [-0.25, -0.2) is 13.1 Å². The van der Waals surface area contributed by atoms with Gasteiger partial charge in [-0.2, -0.15) is 0 Å². The Labute approximate surface area is 115 Å². The summed E-state index contributed by atoms with van der Waals surface area (Å²) in [6.45, 7) is 3.42. The topological polar surface area (TPSA) is 84.2 Å². The minimum Gasteiger partial charge on any atom is -0.360 e. The largest absolute Gasteiger partial charge is 0.360 e. The van der Waals surface area contributed by atoms with Crippen LogP contribution in [0.1, 0.15) is 17.6 Å². The van der Waals surface area contributed by atoms with E-state index in [-0.39, 0.29) is 6.54 Å². The molecular weight excluding hydrogens is 286 g/mol. The standard InChI is InChI=1S/C11H15N3O3S2/c1-2-12-8-10-11(4-6-18-10)19(15,16)14-7-9-3-5-13-17-9/h3-6,12,14H,2,7-8H2,1H3. The first-order chi connectivity index (χ1) is 9.13. The first-order valence-electron chi connectivity index (χ1n) is 5.80. The summed E-state index contributed by atoms with van der Waals surface area (Å²) in [5, 5.41) is 8.42. The summed E-state index contributed by atoms with van der Waals surface area (Å²) in [6.07, 6.45) is 1.48. The lowest BCUT2D eigenvalue weighted by atomic mass is 10.4. The molecule has 0 saturated carbocycles. The summed E-state index contributed by atoms with van der Waals surface area (Å²) in [7, 11) is -3.52. The Bertz CT molecular complexity index is 605. The first-order valence-corrected chi connectivity index (χ1v) is 8.16. The Morgan fingerprint density at radius 2 is 2.21 bits per heavy atom. The van der Waals surface area contributed by atoms with Crippen molar-refractivity contribution in [3.05, 3.63) is 34.3 Å². The van der Waals surface area contributed by atoms with Gasteiger partial charge in [0.15, 0.2) is 5.76 Å². The Hall–Kier alpha value is -1.22. The van der Waals surface area contributed by atoms with Crippen molar-refractivity contribution in [1.29, 1.82) is 0 Å². The number of rotatable bonds is 7. The third kappa shape index (κ3) is 3.63. The third-order valence-corrected chi connectivity index (χ3v) is 4.99. The highest BCUT2D eigenvalue weighted by Gasteiger charge is 2.19. The number of thiophene rings is 1. The smallest absolute Gasteiger partial charge is 0.242 e. The summed E-state index contributed by atoms with van der Waals surface area (Å²) in [5.41, 5.74) is 0. The summed E-state index contributed by atoms with van der Waals surface area (Å²) >= 11 is 1.42. The van der Waals surface area contributed by atoms with E-state index in [0.29, 0.717) is 17.2 Å². The molecule has 6 nitrogen and oxygen atoms in total. The van der Waals surface area contributed by atoms with E-state index in [9.17, 15) is 8.42 Å². The van der Waals surface area contributed by atoms with Crippen molar-refractivity contribution in [3.8, 4) is 0 Å². The van der Waals surface area contributed by atoms with Gasteiger partial charge in [0.25, 0.3) is 0 Å². The molecule has 2 aromatic heterocycles. The van der Waals surface area contributed by atoms with Crippen molar-refractivity contribution in [3.63, 3.8) is 0 Å². The second-order valence-corrected chi connectivity index (χ2v) is 6.53. The normalized spacial score (nSPS) is 11.8. The van der Waals surface area contributed by atoms with Crippen LogP contribution < -0.4 is 10.0 Å². The molecule has 104 valence electrons. The Balaban J connectivity index is 2.08. The zero-order valence-corrected chi connectivity index (χ0v) is 12.1. The molecule has 0 saturated heterocycles. The van der Waals surface area contributed by atoms with Crippen LogP contribution in [0.2, 0.25) is 0 Å². The Morgan fingerprint density at radius 1 is 1.37 bits per heavy atom. The number of hydrogen-bond acceptors (Lipinski definition) is 6. The maximum atomic E-state index is 12.2. The number of hydrogen-bond donors (Lipinski definition) is 2. The zero-order chi connectivity index (χ0) is 13.7. The van der Waals surface area contributed by atoms with E-state index in [1.165, 1.54) is 17.5 Å². The van der Waals surface area contributed by atoms with Gasteiger partial charge in [-0.15, -0.1) is 11.3 Å². The van der Waals surface area contributed by atoms with Crippen molar-refractivity contribution in [2.75, 3.05) is 6.54 Å². The molecule has 0 atom stereocenters. The fraction of sp³-hybridized carbons (Fsp3) is 0.364. The third-order valence-electron chi connectivity index (χ3n) is 2.46. The first kappa shape index (κ1) is 14.2. The van der Waals surface area contributed by atoms with Gasteiger partial charge < -0.3 is 9.84 Å². The quantitative estimate of drug-likeness (QED) is 0.806. The average molecular weight is 301 g/mol. The van der Waals surface area contributed by atoms with E-state index in [1.807, 2.05) is 6.92 Å². The fourth-order valence-electron chi connectivity index (χ4n) is 1.51. The molecule has 2 aromatic rings. The van der Waals surface area contributed by atoms with Crippen LogP contribution >= 0.6 is 11.3 Å². The molecule has 0 aliphatic heterocycles. The molecule has 0 aliphatic rings. The molecule has 0 aromatic carbocycles. The van der Waals surface area contributed by atoms with Gasteiger partial charge in [-0.3, -0.25) is 0 Å². The zero-order valence-electron chi connectivity index (χ0n) is 10.4. The minimum absolute atomic E-state index is 0.0961. The van der Waals surface area contributed by atoms with Gasteiger partial charge in [-0.05, 0) is 18.0 Å². The van der Waals surface area contributed by atoms with Crippen molar-refractivity contribution in [2.45, 2.75) is 24.9 Å². The van der Waals surface area contributed by atoms with Crippen LogP contribution in [0.15, 0.2) is 33.1 Å². The SMILES string of the molecule is CCNCc1sccc1S(=O)(=O)NCc1ccno1. The Morgan fingerprint density at radius 3 is 2.89 bits per heavy atom. The molecule has 2 heterocycles. The van der Waals surface area contributed by atoms with E-state index >= 15 is 0 Å². The van der Waals surface area contributed by atoms with Crippen LogP contribution in [0.25, 0.3) is 0 Å². The molecule has 0 fully saturated rings. The van der Waals surface area contributed by atoms with E-state index in [0.717, 1.165) is 11.4 Å². The summed E-state index contributed by atoms with van der Waals surface area (Å²) in [5.74, 6) is 0.479. The highest BCUT2D eigenvalue weighted by molar-refractivity contribution is 7.89. The molecule has 19 heavy (non-hydrogen) atoms. The molecule has 0 spiro atoms. The predicted octanol–water partition coefficient (Wildman–Crippen LogP) is 1.32. The van der Waals surface area contributed by atoms with E-state index in [1.54, 1.807) is 17.5 Å². The number of aromatic nitrogens is 1. The molecule has 2 rings (SSSR count). The molecule has 0 amide bonds. The van der Waals surface area contributed by atoms with E-state index in [2.05, 4.69) is 15.2 Å². The van der Waals surface area contributed by atoms with Crippen LogP contribution in [0, 0.1) is 0 Å². The summed E-state index contributed by atoms with van der Waals surface area (Å²) in [6, 6.07) is 3.23. The van der Waals surface area contributed by atoms with Crippen molar-refractivity contribution in [2.24, 2.45) is 0 Å². The molecule has 0 aliphatic carbocycles. The monoisotopic (exact) mass is 301 g/mol. The van der Waals surface area contributed by atoms with Gasteiger partial charge in [0.1, 0.15) is 0 Å². The van der Waals surface area contributed by atoms with Crippen LogP contribution in [0.4, 0.5) is 0 Å². The number of nitrogens with one attached hydrogen (secondary N) is 2. The van der Waals surface area contributed by atoms with Crippen LogP contribution in [-0.4, -0.2) is 20.1 Å². The van der Waals surface area contributed by atoms with E-state index < -0.39 is 10.0 Å². The lowest BCUT2D eigenvalue weighted by molar-refractivity contribution is 0.380. The van der Waals surface area contributed by atoms with Crippen molar-refractivity contribution < 1.29 is 12.9 Å². The highest BCUT2D eigenvalue weighted by atomic mass is 32.2. The van der Waals surface area contributed by atoms with Crippen LogP contribution in [0.3, 0.4) is 0 Å². The van der Waals surface area contributed by atoms with Gasteiger partial charge in [0.2, 0.25) is 10.0 Å². The molecule has 0 radical (unpaired) electrons. The predicted molar refractivity (Wildman–Crippen MR) is 72.2 cm³/mol. The number of sulfonamides is 1. The van der Waals surface area contributed by atoms with Crippen LogP contribution in [0.5, 0.6) is 0 Å². The van der Waals surface area contributed by atoms with Gasteiger partial charge in [0, 0.05) is 17.5 Å². The second-order valence-electron chi connectivity index (χ2n) is 3.79. The van der Waals surface area contributed by atoms with Crippen molar-refractivity contribution in [1.82, 2.24) is 15.2 Å². The van der Waals surface area contributed by atoms with Crippen molar-refractivity contribution >= 4 is 21.4 Å². The summed E-state index contributed by atoms with van der Waals surface area (Å²) in [4.78, 5) is 1.12.